The first kappa shape index (κ1) is 13.9. The lowest BCUT2D eigenvalue weighted by Crippen LogP contribution is -2.41. The van der Waals surface area contributed by atoms with Crippen molar-refractivity contribution in [3.8, 4) is 0 Å². The van der Waals surface area contributed by atoms with E-state index in [2.05, 4.69) is 21.6 Å². The second-order valence-corrected chi connectivity index (χ2v) is 6.80. The van der Waals surface area contributed by atoms with Crippen LogP contribution in [0.5, 0.6) is 0 Å². The molecule has 0 spiro atoms. The summed E-state index contributed by atoms with van der Waals surface area (Å²) < 4.78 is 2.17. The molecule has 0 aliphatic carbocycles. The number of benzene rings is 2. The zero-order valence-electron chi connectivity index (χ0n) is 12.4. The van der Waals surface area contributed by atoms with Gasteiger partial charge in [-0.15, -0.1) is 0 Å². The van der Waals surface area contributed by atoms with Crippen molar-refractivity contribution in [1.82, 2.24) is 0 Å². The largest absolute Gasteiger partial charge is 0.346 e. The Kier molecular flexibility index (Phi) is 3.43. The Morgan fingerprint density at radius 2 is 1.68 bits per heavy atom. The number of rotatable bonds is 2. The van der Waals surface area contributed by atoms with E-state index in [1.807, 2.05) is 60.3 Å². The van der Waals surface area contributed by atoms with Gasteiger partial charge in [0.2, 0.25) is 0 Å². The summed E-state index contributed by atoms with van der Waals surface area (Å²) in [7, 11) is 0. The van der Waals surface area contributed by atoms with Crippen molar-refractivity contribution < 1.29 is 9.68 Å². The molecule has 2 aromatic carbocycles. The van der Waals surface area contributed by atoms with Gasteiger partial charge in [-0.25, -0.2) is 9.48 Å². The zero-order chi connectivity index (χ0) is 15.0. The van der Waals surface area contributed by atoms with Crippen LogP contribution in [0.1, 0.15) is 12.0 Å². The van der Waals surface area contributed by atoms with Crippen molar-refractivity contribution in [2.75, 3.05) is 23.7 Å². The molecule has 2 aliphatic heterocycles. The molecule has 0 unspecified atom stereocenters. The number of anilines is 1. The van der Waals surface area contributed by atoms with Crippen LogP contribution < -0.4 is 4.90 Å². The van der Waals surface area contributed by atoms with Gasteiger partial charge in [0.05, 0.1) is 6.54 Å². The monoisotopic (exact) mass is 311 g/mol. The Bertz CT molecular complexity index is 702. The second kappa shape index (κ2) is 5.45. The van der Waals surface area contributed by atoms with E-state index in [1.165, 1.54) is 5.17 Å². The van der Waals surface area contributed by atoms with E-state index in [0.29, 0.717) is 6.54 Å². The minimum Gasteiger partial charge on any atom is -0.346 e. The molecule has 4 rings (SSSR count). The third-order valence-corrected chi connectivity index (χ3v) is 5.54. The van der Waals surface area contributed by atoms with Crippen LogP contribution in [-0.4, -0.2) is 33.7 Å². The number of hydrogen-bond acceptors (Lipinski definition) is 3. The second-order valence-electron chi connectivity index (χ2n) is 5.74. The highest BCUT2D eigenvalue weighted by Crippen LogP contribution is 2.37. The number of aliphatic hydroxyl groups is 1. The Morgan fingerprint density at radius 1 is 1.00 bits per heavy atom. The Labute approximate surface area is 134 Å². The van der Waals surface area contributed by atoms with Gasteiger partial charge in [0.1, 0.15) is 5.69 Å². The lowest BCUT2D eigenvalue weighted by Gasteiger charge is -2.24. The summed E-state index contributed by atoms with van der Waals surface area (Å²) in [5.41, 5.74) is 1.16. The average molecular weight is 311 g/mol. The molecule has 2 heterocycles. The van der Waals surface area contributed by atoms with Crippen LogP contribution in [0.4, 0.5) is 5.69 Å². The number of nitrogens with zero attached hydrogens (tertiary/aromatic N) is 2. The highest BCUT2D eigenvalue weighted by atomic mass is 32.2. The summed E-state index contributed by atoms with van der Waals surface area (Å²) in [6, 6.07) is 20.4. The Balaban J connectivity index is 1.81. The van der Waals surface area contributed by atoms with Gasteiger partial charge in [-0.2, -0.15) is 0 Å². The van der Waals surface area contributed by atoms with Crippen molar-refractivity contribution in [2.45, 2.75) is 12.1 Å². The molecule has 112 valence electrons. The van der Waals surface area contributed by atoms with Crippen LogP contribution in [0.15, 0.2) is 60.7 Å². The number of β-amino-alcohol motifs (C(OH)–C–C–N with tert-alkyl or cyclic N) is 1. The first-order valence-electron chi connectivity index (χ1n) is 7.67. The summed E-state index contributed by atoms with van der Waals surface area (Å²) >= 11 is 1.84. The summed E-state index contributed by atoms with van der Waals surface area (Å²) in [6.45, 7) is 1.47. The average Bonchev–Trinajstić information content (AvgIpc) is 2.91. The lowest BCUT2D eigenvalue weighted by molar-refractivity contribution is -0.656. The molecule has 22 heavy (non-hydrogen) atoms. The molecule has 1 atom stereocenters. The van der Waals surface area contributed by atoms with Gasteiger partial charge in [-0.05, 0) is 30.3 Å². The SMILES string of the molecule is O[C@]1(c2ccccc2)CN(c2ccccc2)C2=[N+]1CCCS2. The zero-order valence-corrected chi connectivity index (χ0v) is 13.2. The Morgan fingerprint density at radius 3 is 2.41 bits per heavy atom. The molecular formula is C18H19N2OS+. The number of amidine groups is 1. The maximum Gasteiger partial charge on any atom is 0.316 e. The van der Waals surface area contributed by atoms with Crippen molar-refractivity contribution in [3.05, 3.63) is 66.2 Å². The van der Waals surface area contributed by atoms with Crippen LogP contribution in [-0.2, 0) is 5.72 Å². The van der Waals surface area contributed by atoms with E-state index in [4.69, 9.17) is 0 Å². The van der Waals surface area contributed by atoms with E-state index >= 15 is 0 Å². The van der Waals surface area contributed by atoms with E-state index in [1.54, 1.807) is 0 Å². The van der Waals surface area contributed by atoms with E-state index in [9.17, 15) is 5.11 Å². The predicted molar refractivity (Wildman–Crippen MR) is 91.3 cm³/mol. The van der Waals surface area contributed by atoms with Crippen LogP contribution in [0.2, 0.25) is 0 Å². The van der Waals surface area contributed by atoms with Crippen LogP contribution >= 0.6 is 11.8 Å². The van der Waals surface area contributed by atoms with Crippen LogP contribution in [0, 0.1) is 0 Å². The molecule has 2 aliphatic rings. The molecule has 0 radical (unpaired) electrons. The molecule has 1 N–H and O–H groups in total. The van der Waals surface area contributed by atoms with Crippen molar-refractivity contribution >= 4 is 22.6 Å². The van der Waals surface area contributed by atoms with Crippen LogP contribution in [0.25, 0.3) is 0 Å². The third-order valence-electron chi connectivity index (χ3n) is 4.35. The topological polar surface area (TPSA) is 26.5 Å². The van der Waals surface area contributed by atoms with Gasteiger partial charge in [-0.3, -0.25) is 0 Å². The maximum atomic E-state index is 11.4. The molecule has 0 saturated carbocycles. The number of hydrogen-bond donors (Lipinski definition) is 1. The van der Waals surface area contributed by atoms with E-state index in [-0.39, 0.29) is 0 Å². The summed E-state index contributed by atoms with van der Waals surface area (Å²) in [4.78, 5) is 2.25. The minimum absolute atomic E-state index is 0.573. The fourth-order valence-electron chi connectivity index (χ4n) is 3.26. The normalized spacial score (nSPS) is 24.5. The smallest absolute Gasteiger partial charge is 0.316 e. The van der Waals surface area contributed by atoms with Gasteiger partial charge in [0, 0.05) is 11.3 Å². The molecule has 2 aromatic rings. The lowest BCUT2D eigenvalue weighted by atomic mass is 10.0. The highest BCUT2D eigenvalue weighted by Gasteiger charge is 2.53. The first-order chi connectivity index (χ1) is 10.8. The molecule has 0 fully saturated rings. The standard InChI is InChI=1S/C18H19N2OS/c21-18(15-8-3-1-4-9-15)14-19(16-10-5-2-6-11-16)17-20(18)12-7-13-22-17/h1-6,8-11,21H,7,12-14H2/q+1/t18-/m0/s1. The maximum absolute atomic E-state index is 11.4. The van der Waals surface area contributed by atoms with Gasteiger partial charge in [0.25, 0.3) is 5.72 Å². The van der Waals surface area contributed by atoms with Crippen molar-refractivity contribution in [3.63, 3.8) is 0 Å². The van der Waals surface area contributed by atoms with Crippen molar-refractivity contribution in [2.24, 2.45) is 0 Å². The fourth-order valence-corrected chi connectivity index (χ4v) is 4.44. The summed E-state index contributed by atoms with van der Waals surface area (Å²) in [5.74, 6) is 1.11. The summed E-state index contributed by atoms with van der Waals surface area (Å²) in [5, 5.41) is 12.6. The molecular weight excluding hydrogens is 292 g/mol. The predicted octanol–water partition coefficient (Wildman–Crippen LogP) is 2.86. The number of para-hydroxylation sites is 1. The molecule has 3 nitrogen and oxygen atoms in total. The van der Waals surface area contributed by atoms with Gasteiger partial charge in [0.15, 0.2) is 6.54 Å². The molecule has 0 bridgehead atoms. The van der Waals surface area contributed by atoms with Crippen LogP contribution in [0.3, 0.4) is 0 Å². The number of thioether (sulfide) groups is 1. The minimum atomic E-state index is -0.945. The quantitative estimate of drug-likeness (QED) is 0.864. The Hall–Kier alpha value is -1.78. The summed E-state index contributed by atoms with van der Waals surface area (Å²) in [6.07, 6.45) is 1.10. The molecule has 0 aromatic heterocycles. The fraction of sp³-hybridized carbons (Fsp3) is 0.278. The van der Waals surface area contributed by atoms with Gasteiger partial charge < -0.3 is 5.11 Å². The molecule has 0 amide bonds. The highest BCUT2D eigenvalue weighted by molar-refractivity contribution is 8.13. The third kappa shape index (κ3) is 2.14. The van der Waals surface area contributed by atoms with Crippen molar-refractivity contribution in [1.29, 1.82) is 0 Å². The molecule has 0 saturated heterocycles. The molecule has 4 heteroatoms. The first-order valence-corrected chi connectivity index (χ1v) is 8.65. The van der Waals surface area contributed by atoms with E-state index in [0.717, 1.165) is 30.0 Å². The van der Waals surface area contributed by atoms with Gasteiger partial charge in [-0.1, -0.05) is 48.5 Å². The van der Waals surface area contributed by atoms with Gasteiger partial charge >= 0.3 is 5.17 Å². The van der Waals surface area contributed by atoms with E-state index < -0.39 is 5.72 Å².